The number of nitrogens with one attached hydrogen (secondary N) is 1. The minimum Gasteiger partial charge on any atom is -0.354 e. The van der Waals surface area contributed by atoms with Gasteiger partial charge in [-0.05, 0) is 30.3 Å². The Hall–Kier alpha value is -2.28. The second-order valence-electron chi connectivity index (χ2n) is 4.43. The molecule has 1 aromatic heterocycles. The van der Waals surface area contributed by atoms with E-state index in [0.717, 1.165) is 11.1 Å². The Morgan fingerprint density at radius 2 is 1.81 bits per heavy atom. The number of nitrogens with zero attached hydrogens (tertiary/aromatic N) is 2. The normalized spacial score (nSPS) is 10.3. The van der Waals surface area contributed by atoms with E-state index in [4.69, 9.17) is 23.2 Å². The first-order valence-corrected chi connectivity index (χ1v) is 6.94. The molecule has 21 heavy (non-hydrogen) atoms. The van der Waals surface area contributed by atoms with E-state index in [2.05, 4.69) is 16.4 Å². The number of benzene rings is 2. The lowest BCUT2D eigenvalue weighted by atomic mass is 10.1. The van der Waals surface area contributed by atoms with E-state index in [9.17, 15) is 5.26 Å². The third kappa shape index (κ3) is 2.64. The molecule has 0 fully saturated rings. The van der Waals surface area contributed by atoms with Crippen LogP contribution in [0.15, 0.2) is 48.7 Å². The molecule has 1 heterocycles. The second-order valence-corrected chi connectivity index (χ2v) is 5.27. The average Bonchev–Trinajstić information content (AvgIpc) is 2.50. The monoisotopic (exact) mass is 313 g/mol. The summed E-state index contributed by atoms with van der Waals surface area (Å²) in [6.45, 7) is 0. The summed E-state index contributed by atoms with van der Waals surface area (Å²) in [6, 6.07) is 14.9. The molecule has 5 heteroatoms. The fourth-order valence-electron chi connectivity index (χ4n) is 2.08. The van der Waals surface area contributed by atoms with Crippen LogP contribution in [0.5, 0.6) is 0 Å². The zero-order chi connectivity index (χ0) is 14.8. The molecule has 0 amide bonds. The Morgan fingerprint density at radius 1 is 1.05 bits per heavy atom. The maximum Gasteiger partial charge on any atom is 0.103 e. The largest absolute Gasteiger partial charge is 0.354 e. The number of fused-ring (bicyclic) bond motifs is 1. The first-order chi connectivity index (χ1) is 10.2. The minimum absolute atomic E-state index is 0.458. The summed E-state index contributed by atoms with van der Waals surface area (Å²) in [5, 5.41) is 14.5. The van der Waals surface area contributed by atoms with Crippen LogP contribution in [0.3, 0.4) is 0 Å². The molecule has 0 saturated heterocycles. The first-order valence-electron chi connectivity index (χ1n) is 6.19. The van der Waals surface area contributed by atoms with Gasteiger partial charge in [0.25, 0.3) is 0 Å². The molecule has 0 spiro atoms. The maximum atomic E-state index is 9.29. The molecule has 0 aliphatic carbocycles. The second kappa shape index (κ2) is 5.61. The Kier molecular flexibility index (Phi) is 3.66. The van der Waals surface area contributed by atoms with Gasteiger partial charge in [-0.2, -0.15) is 5.26 Å². The van der Waals surface area contributed by atoms with Crippen molar-refractivity contribution in [2.45, 2.75) is 0 Å². The van der Waals surface area contributed by atoms with E-state index in [1.807, 2.05) is 24.3 Å². The van der Waals surface area contributed by atoms with Crippen LogP contribution in [-0.4, -0.2) is 4.98 Å². The van der Waals surface area contributed by atoms with E-state index in [0.29, 0.717) is 26.8 Å². The number of pyridine rings is 1. The van der Waals surface area contributed by atoms with Crippen LogP contribution < -0.4 is 5.32 Å². The van der Waals surface area contributed by atoms with Crippen molar-refractivity contribution in [2.24, 2.45) is 0 Å². The summed E-state index contributed by atoms with van der Waals surface area (Å²) < 4.78 is 0. The SMILES string of the molecule is N#Cc1cnc2c(Cl)cccc2c1Nc1ccc(Cl)cc1. The third-order valence-electron chi connectivity index (χ3n) is 3.08. The van der Waals surface area contributed by atoms with Crippen LogP contribution in [0.1, 0.15) is 5.56 Å². The summed E-state index contributed by atoms with van der Waals surface area (Å²) in [4.78, 5) is 4.25. The molecule has 3 aromatic rings. The van der Waals surface area contributed by atoms with Crippen LogP contribution in [-0.2, 0) is 0 Å². The fraction of sp³-hybridized carbons (Fsp3) is 0. The van der Waals surface area contributed by atoms with E-state index < -0.39 is 0 Å². The van der Waals surface area contributed by atoms with Crippen molar-refractivity contribution in [2.75, 3.05) is 5.32 Å². The van der Waals surface area contributed by atoms with Crippen LogP contribution in [0.4, 0.5) is 11.4 Å². The molecule has 1 N–H and O–H groups in total. The van der Waals surface area contributed by atoms with Gasteiger partial charge in [-0.15, -0.1) is 0 Å². The molecule has 0 radical (unpaired) electrons. The van der Waals surface area contributed by atoms with Crippen LogP contribution in [0, 0.1) is 11.3 Å². The summed E-state index contributed by atoms with van der Waals surface area (Å²) >= 11 is 12.0. The summed E-state index contributed by atoms with van der Waals surface area (Å²) in [5.41, 5.74) is 2.64. The van der Waals surface area contributed by atoms with Gasteiger partial charge in [0.1, 0.15) is 6.07 Å². The average molecular weight is 314 g/mol. The molecule has 0 unspecified atom stereocenters. The van der Waals surface area contributed by atoms with E-state index >= 15 is 0 Å². The number of hydrogen-bond acceptors (Lipinski definition) is 3. The number of rotatable bonds is 2. The quantitative estimate of drug-likeness (QED) is 0.711. The van der Waals surface area contributed by atoms with Crippen molar-refractivity contribution >= 4 is 45.5 Å². The van der Waals surface area contributed by atoms with Crippen molar-refractivity contribution in [3.05, 3.63) is 64.3 Å². The van der Waals surface area contributed by atoms with Gasteiger partial charge < -0.3 is 5.32 Å². The van der Waals surface area contributed by atoms with E-state index in [1.54, 1.807) is 18.2 Å². The van der Waals surface area contributed by atoms with Crippen molar-refractivity contribution in [3.8, 4) is 6.07 Å². The Morgan fingerprint density at radius 3 is 2.52 bits per heavy atom. The smallest absolute Gasteiger partial charge is 0.103 e. The summed E-state index contributed by atoms with van der Waals surface area (Å²) in [5.74, 6) is 0. The lowest BCUT2D eigenvalue weighted by molar-refractivity contribution is 1.36. The molecule has 0 saturated carbocycles. The van der Waals surface area contributed by atoms with Gasteiger partial charge in [-0.3, -0.25) is 4.98 Å². The molecule has 0 aliphatic rings. The molecule has 3 rings (SSSR count). The number of halogens is 2. The zero-order valence-corrected chi connectivity index (χ0v) is 12.3. The topological polar surface area (TPSA) is 48.7 Å². The van der Waals surface area contributed by atoms with Gasteiger partial charge in [-0.25, -0.2) is 0 Å². The van der Waals surface area contributed by atoms with Gasteiger partial charge >= 0.3 is 0 Å². The number of aromatic nitrogens is 1. The van der Waals surface area contributed by atoms with E-state index in [-0.39, 0.29) is 0 Å². The van der Waals surface area contributed by atoms with E-state index in [1.165, 1.54) is 6.20 Å². The summed E-state index contributed by atoms with van der Waals surface area (Å²) in [7, 11) is 0. The van der Waals surface area contributed by atoms with Crippen molar-refractivity contribution in [3.63, 3.8) is 0 Å². The van der Waals surface area contributed by atoms with Gasteiger partial charge in [-0.1, -0.05) is 35.3 Å². The number of hydrogen-bond donors (Lipinski definition) is 1. The highest BCUT2D eigenvalue weighted by Gasteiger charge is 2.11. The molecule has 0 atom stereocenters. The number of anilines is 2. The molecular weight excluding hydrogens is 305 g/mol. The van der Waals surface area contributed by atoms with Gasteiger partial charge in [0.2, 0.25) is 0 Å². The predicted octanol–water partition coefficient (Wildman–Crippen LogP) is 5.16. The fourth-order valence-corrected chi connectivity index (χ4v) is 2.43. The Bertz CT molecular complexity index is 852. The zero-order valence-electron chi connectivity index (χ0n) is 10.8. The van der Waals surface area contributed by atoms with Crippen molar-refractivity contribution in [1.29, 1.82) is 5.26 Å². The maximum absolute atomic E-state index is 9.29. The highest BCUT2D eigenvalue weighted by Crippen LogP contribution is 2.32. The Balaban J connectivity index is 2.18. The molecule has 3 nitrogen and oxygen atoms in total. The van der Waals surface area contributed by atoms with Crippen molar-refractivity contribution < 1.29 is 0 Å². The van der Waals surface area contributed by atoms with Gasteiger partial charge in [0.15, 0.2) is 0 Å². The highest BCUT2D eigenvalue weighted by atomic mass is 35.5. The van der Waals surface area contributed by atoms with Crippen LogP contribution >= 0.6 is 23.2 Å². The molecule has 2 aromatic carbocycles. The highest BCUT2D eigenvalue weighted by molar-refractivity contribution is 6.35. The third-order valence-corrected chi connectivity index (χ3v) is 3.64. The van der Waals surface area contributed by atoms with Crippen LogP contribution in [0.2, 0.25) is 10.0 Å². The minimum atomic E-state index is 0.458. The van der Waals surface area contributed by atoms with Gasteiger partial charge in [0, 0.05) is 22.3 Å². The predicted molar refractivity (Wildman–Crippen MR) is 86.2 cm³/mol. The lowest BCUT2D eigenvalue weighted by Crippen LogP contribution is -1.96. The number of nitriles is 1. The molecule has 0 bridgehead atoms. The molecule has 0 aliphatic heterocycles. The Labute approximate surface area is 131 Å². The van der Waals surface area contributed by atoms with Crippen LogP contribution in [0.25, 0.3) is 10.9 Å². The summed E-state index contributed by atoms with van der Waals surface area (Å²) in [6.07, 6.45) is 1.52. The standard InChI is InChI=1S/C16H9Cl2N3/c17-11-4-6-12(7-5-11)21-15-10(8-19)9-20-16-13(15)2-1-3-14(16)18/h1-7,9H,(H,20,21). The lowest BCUT2D eigenvalue weighted by Gasteiger charge is -2.12. The van der Waals surface area contributed by atoms with Gasteiger partial charge in [0.05, 0.1) is 21.8 Å². The molecular formula is C16H9Cl2N3. The first kappa shape index (κ1) is 13.7. The molecule has 102 valence electrons. The van der Waals surface area contributed by atoms with Crippen molar-refractivity contribution in [1.82, 2.24) is 4.98 Å². The number of para-hydroxylation sites is 1.